The van der Waals surface area contributed by atoms with E-state index in [1.54, 1.807) is 0 Å². The smallest absolute Gasteiger partial charge is 0.332 e. The molecular weight excluding hydrogens is 416 g/mol. The molecule has 0 aliphatic heterocycles. The van der Waals surface area contributed by atoms with Crippen molar-refractivity contribution in [2.75, 3.05) is 0 Å². The van der Waals surface area contributed by atoms with Gasteiger partial charge in [-0.3, -0.25) is 0 Å². The lowest BCUT2D eigenvalue weighted by molar-refractivity contribution is -0.155. The molecule has 7 heteroatoms. The van der Waals surface area contributed by atoms with Crippen molar-refractivity contribution in [1.82, 2.24) is 0 Å². The van der Waals surface area contributed by atoms with Gasteiger partial charge < -0.3 is 9.84 Å². The van der Waals surface area contributed by atoms with E-state index in [1.165, 1.54) is 6.42 Å². The van der Waals surface area contributed by atoms with Gasteiger partial charge in [0, 0.05) is 21.0 Å². The molecule has 0 heterocycles. The van der Waals surface area contributed by atoms with Gasteiger partial charge in [0.05, 0.1) is 6.10 Å². The van der Waals surface area contributed by atoms with Gasteiger partial charge in [0.1, 0.15) is 0 Å². The first kappa shape index (κ1) is 25.9. The summed E-state index contributed by atoms with van der Waals surface area (Å²) in [4.78, 5) is 11.6. The molecule has 1 saturated carbocycles. The summed E-state index contributed by atoms with van der Waals surface area (Å²) in [5, 5.41) is 10.7. The normalized spacial score (nSPS) is 33.1. The highest BCUT2D eigenvalue weighted by Crippen LogP contribution is 2.27. The number of aliphatic carboxylic acids is 1. The molecule has 1 N–H and O–H groups in total. The third-order valence-electron chi connectivity index (χ3n) is 5.26. The fraction of sp³-hybridized carbons (Fsp3) is 0.950. The lowest BCUT2D eigenvalue weighted by atomic mass is 9.98. The zero-order valence-electron chi connectivity index (χ0n) is 16.5. The Bertz CT molecular complexity index is 389. The van der Waals surface area contributed by atoms with Crippen LogP contribution in [0.15, 0.2) is 0 Å². The molecule has 5 atom stereocenters. The molecule has 1 aliphatic carbocycles. The third kappa shape index (κ3) is 12.2. The van der Waals surface area contributed by atoms with Crippen molar-refractivity contribution in [2.24, 2.45) is 0 Å². The standard InChI is InChI=1S/C20H38O3S4/c1-2-3-7-19(20(21)22)23-14-12-17(26)10-8-15(24)5-4-6-16(25)9-11-18(27)13-14/h14-19,24-27H,2-13H2,1H3,(H,21,22). The SMILES string of the molecule is CCCCC(OC1CC(S)CCC(S)CCCC(S)CCC(S)C1)C(=O)O. The molecule has 0 radical (unpaired) electrons. The maximum atomic E-state index is 11.6. The molecule has 5 unspecified atom stereocenters. The van der Waals surface area contributed by atoms with Crippen molar-refractivity contribution in [3.63, 3.8) is 0 Å². The summed E-state index contributed by atoms with van der Waals surface area (Å²) in [5.74, 6) is -0.861. The number of ether oxygens (including phenoxy) is 1. The highest BCUT2D eigenvalue weighted by molar-refractivity contribution is 7.81. The number of rotatable bonds is 6. The van der Waals surface area contributed by atoms with Crippen LogP contribution in [0.2, 0.25) is 0 Å². The summed E-state index contributed by atoms with van der Waals surface area (Å²) in [6.45, 7) is 2.07. The molecule has 1 rings (SSSR count). The number of thiol groups is 4. The Morgan fingerprint density at radius 2 is 1.41 bits per heavy atom. The van der Waals surface area contributed by atoms with E-state index in [1.807, 2.05) is 0 Å². The van der Waals surface area contributed by atoms with Gasteiger partial charge in [-0.25, -0.2) is 4.79 Å². The van der Waals surface area contributed by atoms with E-state index in [0.717, 1.165) is 64.2 Å². The van der Waals surface area contributed by atoms with Gasteiger partial charge in [-0.1, -0.05) is 26.2 Å². The topological polar surface area (TPSA) is 46.5 Å². The Morgan fingerprint density at radius 1 is 0.926 bits per heavy atom. The number of unbranched alkanes of at least 4 members (excludes halogenated alkanes) is 1. The van der Waals surface area contributed by atoms with Crippen LogP contribution in [-0.4, -0.2) is 44.3 Å². The van der Waals surface area contributed by atoms with E-state index < -0.39 is 12.1 Å². The van der Waals surface area contributed by atoms with Crippen LogP contribution in [0.3, 0.4) is 0 Å². The van der Waals surface area contributed by atoms with Crippen LogP contribution >= 0.6 is 50.5 Å². The van der Waals surface area contributed by atoms with Crippen LogP contribution in [0.5, 0.6) is 0 Å². The lowest BCUT2D eigenvalue weighted by Gasteiger charge is -2.28. The Labute approximate surface area is 187 Å². The molecule has 0 amide bonds. The maximum Gasteiger partial charge on any atom is 0.332 e. The van der Waals surface area contributed by atoms with Gasteiger partial charge in [-0.15, -0.1) is 0 Å². The van der Waals surface area contributed by atoms with Crippen molar-refractivity contribution < 1.29 is 14.6 Å². The van der Waals surface area contributed by atoms with Crippen LogP contribution < -0.4 is 0 Å². The van der Waals surface area contributed by atoms with Gasteiger partial charge in [0.2, 0.25) is 0 Å². The summed E-state index contributed by atoms with van der Waals surface area (Å²) in [6.07, 6.45) is 10.5. The predicted molar refractivity (Wildman–Crippen MR) is 128 cm³/mol. The minimum atomic E-state index is -0.861. The summed E-state index contributed by atoms with van der Waals surface area (Å²) in [6, 6.07) is 0. The molecule has 27 heavy (non-hydrogen) atoms. The van der Waals surface area contributed by atoms with Crippen LogP contribution in [0.25, 0.3) is 0 Å². The number of carboxylic acid groups (broad SMARTS) is 1. The van der Waals surface area contributed by atoms with E-state index in [4.69, 9.17) is 55.3 Å². The largest absolute Gasteiger partial charge is 0.479 e. The number of hydrogen-bond acceptors (Lipinski definition) is 6. The first-order valence-corrected chi connectivity index (χ1v) is 12.5. The third-order valence-corrected chi connectivity index (χ3v) is 7.23. The highest BCUT2D eigenvalue weighted by atomic mass is 32.1. The maximum absolute atomic E-state index is 11.6. The van der Waals surface area contributed by atoms with E-state index in [0.29, 0.717) is 16.9 Å². The Morgan fingerprint density at radius 3 is 1.85 bits per heavy atom. The minimum Gasteiger partial charge on any atom is -0.479 e. The van der Waals surface area contributed by atoms with Crippen LogP contribution in [0.4, 0.5) is 0 Å². The van der Waals surface area contributed by atoms with Crippen molar-refractivity contribution in [2.45, 2.75) is 117 Å². The van der Waals surface area contributed by atoms with Crippen molar-refractivity contribution in [1.29, 1.82) is 0 Å². The fourth-order valence-corrected chi connectivity index (χ4v) is 5.00. The van der Waals surface area contributed by atoms with Gasteiger partial charge in [0.25, 0.3) is 0 Å². The summed E-state index contributed by atoms with van der Waals surface area (Å²) in [5.41, 5.74) is 0. The molecule has 0 spiro atoms. The van der Waals surface area contributed by atoms with Gasteiger partial charge in [-0.2, -0.15) is 50.5 Å². The minimum absolute atomic E-state index is 0.118. The highest BCUT2D eigenvalue weighted by Gasteiger charge is 2.26. The summed E-state index contributed by atoms with van der Waals surface area (Å²) >= 11 is 19.0. The van der Waals surface area contributed by atoms with Gasteiger partial charge in [0.15, 0.2) is 6.10 Å². The molecule has 0 aromatic heterocycles. The second-order valence-corrected chi connectivity index (χ2v) is 10.8. The predicted octanol–water partition coefficient (Wildman–Crippen LogP) is 5.73. The van der Waals surface area contributed by atoms with Crippen molar-refractivity contribution in [3.8, 4) is 0 Å². The molecule has 0 saturated heterocycles. The second-order valence-electron chi connectivity index (χ2n) is 7.90. The molecular formula is C20H38O3S4. The summed E-state index contributed by atoms with van der Waals surface area (Å²) < 4.78 is 6.07. The van der Waals surface area contributed by atoms with E-state index >= 15 is 0 Å². The van der Waals surface area contributed by atoms with Crippen LogP contribution in [0, 0.1) is 0 Å². The zero-order chi connectivity index (χ0) is 20.2. The molecule has 0 aromatic carbocycles. The van der Waals surface area contributed by atoms with E-state index in [2.05, 4.69) is 6.92 Å². The van der Waals surface area contributed by atoms with Gasteiger partial charge >= 0.3 is 5.97 Å². The average molecular weight is 455 g/mol. The number of carboxylic acids is 1. The molecule has 1 fully saturated rings. The molecule has 0 aromatic rings. The first-order valence-electron chi connectivity index (χ1n) is 10.4. The Hall–Kier alpha value is 0.830. The lowest BCUT2D eigenvalue weighted by Crippen LogP contribution is -2.32. The van der Waals surface area contributed by atoms with Crippen molar-refractivity contribution in [3.05, 3.63) is 0 Å². The van der Waals surface area contributed by atoms with E-state index in [9.17, 15) is 9.90 Å². The average Bonchev–Trinajstić information content (AvgIpc) is 2.60. The monoisotopic (exact) mass is 454 g/mol. The first-order chi connectivity index (χ1) is 12.8. The quantitative estimate of drug-likeness (QED) is 0.333. The zero-order valence-corrected chi connectivity index (χ0v) is 20.1. The Kier molecular flexibility index (Phi) is 14.1. The van der Waals surface area contributed by atoms with E-state index in [-0.39, 0.29) is 16.6 Å². The number of hydrogen-bond donors (Lipinski definition) is 5. The van der Waals surface area contributed by atoms with Crippen LogP contribution in [0.1, 0.15) is 84.0 Å². The molecule has 0 bridgehead atoms. The molecule has 1 aliphatic rings. The number of carbonyl (C=O) groups is 1. The Balaban J connectivity index is 2.75. The summed E-state index contributed by atoms with van der Waals surface area (Å²) in [7, 11) is 0. The molecule has 3 nitrogen and oxygen atoms in total. The molecule has 160 valence electrons. The second kappa shape index (κ2) is 14.8. The van der Waals surface area contributed by atoms with Gasteiger partial charge in [-0.05, 0) is 57.8 Å². The van der Waals surface area contributed by atoms with Crippen LogP contribution in [-0.2, 0) is 9.53 Å². The van der Waals surface area contributed by atoms with Crippen molar-refractivity contribution >= 4 is 56.5 Å². The fourth-order valence-electron chi connectivity index (χ4n) is 3.57.